The van der Waals surface area contributed by atoms with Crippen molar-refractivity contribution in [2.24, 2.45) is 0 Å². The van der Waals surface area contributed by atoms with Crippen LogP contribution in [-0.2, 0) is 24.5 Å². The average molecular weight is 350 g/mol. The zero-order chi connectivity index (χ0) is 9.00. The van der Waals surface area contributed by atoms with Crippen molar-refractivity contribution in [2.45, 2.75) is 11.4 Å². The first kappa shape index (κ1) is 23.1. The number of quaternary nitrogens is 1. The third kappa shape index (κ3) is 1040. The third-order valence-corrected chi connectivity index (χ3v) is 0. The topological polar surface area (TPSA) is 163 Å². The van der Waals surface area contributed by atoms with Crippen LogP contribution in [0.15, 0.2) is 0 Å². The van der Waals surface area contributed by atoms with E-state index in [-0.39, 0.29) is 23.2 Å². The van der Waals surface area contributed by atoms with Crippen LogP contribution < -0.4 is 22.5 Å². The Kier molecular flexibility index (Phi) is 16.6. The van der Waals surface area contributed by atoms with E-state index in [0.717, 1.165) is 0 Å². The van der Waals surface area contributed by atoms with Crippen molar-refractivity contribution in [1.29, 1.82) is 0 Å². The van der Waals surface area contributed by atoms with Crippen LogP contribution in [0.3, 0.4) is 0 Å². The van der Waals surface area contributed by atoms with Gasteiger partial charge in [-0.1, -0.05) is 0 Å². The summed E-state index contributed by atoms with van der Waals surface area (Å²) in [5.74, 6) is 0. The van der Waals surface area contributed by atoms with Crippen LogP contribution in [0, 0.1) is 0 Å². The summed E-state index contributed by atoms with van der Waals surface area (Å²) in [7, 11) is 0. The second kappa shape index (κ2) is 8.63. The summed E-state index contributed by atoms with van der Waals surface area (Å²) in [5, 5.41) is 0. The zero-order valence-electron chi connectivity index (χ0n) is 6.70. The van der Waals surface area contributed by atoms with Crippen LogP contribution in [0.25, 0.3) is 0 Å². The minimum atomic E-state index is -4.62. The summed E-state index contributed by atoms with van der Waals surface area (Å²) in [4.78, 5) is 0. The van der Waals surface area contributed by atoms with Crippen molar-refractivity contribution in [1.82, 2.24) is 6.15 Å². The first-order valence-corrected chi connectivity index (χ1v) is 10.3. The van der Waals surface area contributed by atoms with Gasteiger partial charge in [0.2, 0.25) is 0 Å². The molecule has 0 fully saturated rings. The fourth-order valence-electron chi connectivity index (χ4n) is 0. The molecule has 0 atom stereocenters. The van der Waals surface area contributed by atoms with Crippen LogP contribution in [0.2, 0.25) is 11.4 Å². The van der Waals surface area contributed by atoms with Crippen molar-refractivity contribution in [3.05, 3.63) is 0 Å². The molecule has 0 aromatic heterocycles. The Morgan fingerprint density at radius 2 is 0.833 bits per heavy atom. The van der Waals surface area contributed by atoms with Gasteiger partial charge in [-0.3, -0.25) is 0 Å². The molecule has 0 aromatic carbocycles. The Morgan fingerprint density at radius 3 is 0.833 bits per heavy atom. The van der Waals surface area contributed by atoms with Crippen LogP contribution in [0.1, 0.15) is 0 Å². The molecule has 0 aliphatic rings. The molecule has 0 amide bonds. The van der Waals surface area contributed by atoms with Crippen molar-refractivity contribution in [2.75, 3.05) is 0 Å². The Labute approximate surface area is 86.6 Å². The first-order chi connectivity index (χ1) is 4.00. The number of hydrogen-bond acceptors (Lipinski definition) is 6. The maximum Gasteiger partial charge on any atom is 3.00 e. The molecule has 0 unspecified atom stereocenters. The van der Waals surface area contributed by atoms with Crippen molar-refractivity contribution in [3.8, 4) is 0 Å². The standard InChI is InChI=1S/2CH5AsO3.Fe.H3N/c2*1-2(3,4)5;;/h2*1H3,(H2,3,4,5);;1H3/q;;+3;/p-3. The third-order valence-electron chi connectivity index (χ3n) is 0. The Bertz CT molecular complexity index is 136. The fourth-order valence-corrected chi connectivity index (χ4v) is 0. The molecular weight excluding hydrogens is 340 g/mol. The van der Waals surface area contributed by atoms with Crippen molar-refractivity contribution >= 4 is 28.3 Å². The molecule has 0 spiro atoms. The summed E-state index contributed by atoms with van der Waals surface area (Å²) in [6, 6.07) is 0. The van der Waals surface area contributed by atoms with Gasteiger partial charge in [0.1, 0.15) is 0 Å². The fraction of sp³-hybridized carbons (Fsp3) is 1.00. The molecule has 0 aliphatic heterocycles. The van der Waals surface area contributed by atoms with Gasteiger partial charge >= 0.3 is 80.7 Å². The molecule has 10 heteroatoms. The summed E-state index contributed by atoms with van der Waals surface area (Å²) >= 11 is -9.25. The normalized spacial score (nSPS) is 9.83. The van der Waals surface area contributed by atoms with Gasteiger partial charge in [0, 0.05) is 0 Å². The predicted octanol–water partition coefficient (Wildman–Crippen LogP) is -4.21. The molecule has 0 rings (SSSR count). The molecule has 7 nitrogen and oxygen atoms in total. The second-order valence-electron chi connectivity index (χ2n) is 1.54. The van der Waals surface area contributed by atoms with E-state index in [1.54, 1.807) is 0 Å². The molecule has 0 heterocycles. The Balaban J connectivity index is -0.0000000457. The van der Waals surface area contributed by atoms with Gasteiger partial charge in [-0.25, -0.2) is 0 Å². The molecule has 0 aromatic rings. The SMILES string of the molecule is C[As](=O)([O-])[O-].C[As](=O)([O-])[O-].[Fe+3].[NH4+]. The van der Waals surface area contributed by atoms with Gasteiger partial charge in [-0.2, -0.15) is 0 Å². The molecule has 0 saturated carbocycles. The number of hydrogen-bond donors (Lipinski definition) is 1. The van der Waals surface area contributed by atoms with Gasteiger partial charge in [0.05, 0.1) is 0 Å². The van der Waals surface area contributed by atoms with Gasteiger partial charge in [-0.15, -0.1) is 0 Å². The monoisotopic (exact) mass is 350 g/mol. The molecule has 4 N–H and O–H groups in total. The molecular formula is C2H10As2FeNO6. The quantitative estimate of drug-likeness (QED) is 0.435. The molecule has 0 saturated heterocycles. The van der Waals surface area contributed by atoms with E-state index in [2.05, 4.69) is 0 Å². The predicted molar refractivity (Wildman–Crippen MR) is 30.6 cm³/mol. The molecule has 1 radical (unpaired) electrons. The van der Waals surface area contributed by atoms with Gasteiger partial charge in [0.15, 0.2) is 0 Å². The molecule has 0 aliphatic carbocycles. The summed E-state index contributed by atoms with van der Waals surface area (Å²) in [6.45, 7) is 0. The van der Waals surface area contributed by atoms with E-state index in [0.29, 0.717) is 11.4 Å². The second-order valence-corrected chi connectivity index (χ2v) is 8.02. The Morgan fingerprint density at radius 1 is 0.833 bits per heavy atom. The van der Waals surface area contributed by atoms with Crippen molar-refractivity contribution in [3.63, 3.8) is 0 Å². The maximum absolute atomic E-state index is 9.16. The van der Waals surface area contributed by atoms with E-state index in [9.17, 15) is 0 Å². The summed E-state index contributed by atoms with van der Waals surface area (Å²) in [6.07, 6.45) is 0. The van der Waals surface area contributed by atoms with Crippen LogP contribution in [0.4, 0.5) is 0 Å². The number of rotatable bonds is 0. The van der Waals surface area contributed by atoms with E-state index in [1.165, 1.54) is 0 Å². The van der Waals surface area contributed by atoms with Crippen LogP contribution in [0.5, 0.6) is 0 Å². The molecule has 77 valence electrons. The average Bonchev–Trinajstić information content (AvgIpc) is 1.12. The van der Waals surface area contributed by atoms with Crippen LogP contribution >= 0.6 is 0 Å². The molecule has 12 heavy (non-hydrogen) atoms. The van der Waals surface area contributed by atoms with Crippen LogP contribution in [-0.4, -0.2) is 28.3 Å². The first-order valence-electron chi connectivity index (χ1n) is 1.99. The Hall–Kier alpha value is 1.04. The van der Waals surface area contributed by atoms with E-state index >= 15 is 0 Å². The summed E-state index contributed by atoms with van der Waals surface area (Å²) in [5.41, 5.74) is 1.39. The molecule has 0 bridgehead atoms. The smallest absolute Gasteiger partial charge is 0.369 e. The van der Waals surface area contributed by atoms with E-state index < -0.39 is 28.3 Å². The minimum Gasteiger partial charge on any atom is -0.369 e. The minimum absolute atomic E-state index is 0. The van der Waals surface area contributed by atoms with Gasteiger partial charge in [-0.05, 0) is 0 Å². The van der Waals surface area contributed by atoms with Crippen molar-refractivity contribution < 1.29 is 40.9 Å². The van der Waals surface area contributed by atoms with Gasteiger partial charge in [0.25, 0.3) is 0 Å². The van der Waals surface area contributed by atoms with Gasteiger partial charge < -0.3 is 6.15 Å². The maximum atomic E-state index is 9.16. The zero-order valence-corrected chi connectivity index (χ0v) is 11.6. The van der Waals surface area contributed by atoms with E-state index in [4.69, 9.17) is 23.9 Å². The largest absolute Gasteiger partial charge is 3.00 e. The van der Waals surface area contributed by atoms with E-state index in [1.807, 2.05) is 0 Å². The summed E-state index contributed by atoms with van der Waals surface area (Å²) < 4.78 is 55.0.